The number of carbonyl (C=O) groups is 2. The number of aromatic amines is 1. The van der Waals surface area contributed by atoms with Gasteiger partial charge in [-0.1, -0.05) is 18.2 Å². The second-order valence-electron chi connectivity index (χ2n) is 4.04. The summed E-state index contributed by atoms with van der Waals surface area (Å²) < 4.78 is 0. The van der Waals surface area contributed by atoms with E-state index in [1.165, 1.54) is 6.07 Å². The molecule has 6 nitrogen and oxygen atoms in total. The van der Waals surface area contributed by atoms with E-state index >= 15 is 0 Å². The number of para-hydroxylation sites is 1. The number of rotatable bonds is 2. The van der Waals surface area contributed by atoms with Gasteiger partial charge in [-0.25, -0.2) is 4.79 Å². The van der Waals surface area contributed by atoms with Crippen LogP contribution in [-0.4, -0.2) is 27.2 Å². The molecule has 0 saturated carbocycles. The van der Waals surface area contributed by atoms with Crippen LogP contribution in [0, 0.1) is 0 Å². The van der Waals surface area contributed by atoms with Crippen molar-refractivity contribution in [2.75, 3.05) is 5.32 Å². The summed E-state index contributed by atoms with van der Waals surface area (Å²) in [4.78, 5) is 22.2. The summed E-state index contributed by atoms with van der Waals surface area (Å²) in [7, 11) is 0. The van der Waals surface area contributed by atoms with Crippen molar-refractivity contribution in [2.45, 2.75) is 6.42 Å². The zero-order valence-corrected chi connectivity index (χ0v) is 9.23. The zero-order chi connectivity index (χ0) is 12.7. The van der Waals surface area contributed by atoms with E-state index in [2.05, 4.69) is 15.5 Å². The Hall–Kier alpha value is -2.63. The standard InChI is InChI=1S/C12H9N3O3/c16-10-4-6-2-1-3-7(11(6)13-10)8-5-9(12(17)18)15-14-8/h1-3,5H,4H2,(H,13,16)(H,14,15)(H,17,18). The predicted molar refractivity (Wildman–Crippen MR) is 63.3 cm³/mol. The summed E-state index contributed by atoms with van der Waals surface area (Å²) in [6.45, 7) is 0. The maximum Gasteiger partial charge on any atom is 0.353 e. The lowest BCUT2D eigenvalue weighted by Gasteiger charge is -2.04. The Morgan fingerprint density at radius 3 is 2.94 bits per heavy atom. The highest BCUT2D eigenvalue weighted by Crippen LogP contribution is 2.33. The molecule has 0 atom stereocenters. The van der Waals surface area contributed by atoms with Gasteiger partial charge >= 0.3 is 5.97 Å². The topological polar surface area (TPSA) is 95.1 Å². The van der Waals surface area contributed by atoms with Gasteiger partial charge < -0.3 is 10.4 Å². The molecule has 2 aromatic rings. The van der Waals surface area contributed by atoms with E-state index < -0.39 is 5.97 Å². The van der Waals surface area contributed by atoms with E-state index in [0.717, 1.165) is 11.1 Å². The van der Waals surface area contributed by atoms with E-state index in [1.807, 2.05) is 12.1 Å². The van der Waals surface area contributed by atoms with Crippen LogP contribution in [0.15, 0.2) is 24.3 Å². The van der Waals surface area contributed by atoms with Crippen molar-refractivity contribution >= 4 is 17.6 Å². The maximum absolute atomic E-state index is 11.4. The number of aromatic carboxylic acids is 1. The van der Waals surface area contributed by atoms with Gasteiger partial charge in [-0.15, -0.1) is 0 Å². The second kappa shape index (κ2) is 3.69. The van der Waals surface area contributed by atoms with Gasteiger partial charge in [0.15, 0.2) is 0 Å². The Morgan fingerprint density at radius 1 is 1.39 bits per heavy atom. The molecular weight excluding hydrogens is 234 g/mol. The molecule has 1 amide bonds. The van der Waals surface area contributed by atoms with Crippen molar-refractivity contribution in [3.63, 3.8) is 0 Å². The van der Waals surface area contributed by atoms with E-state index in [1.54, 1.807) is 6.07 Å². The summed E-state index contributed by atoms with van der Waals surface area (Å²) in [5, 5.41) is 18.0. The molecule has 0 unspecified atom stereocenters. The Balaban J connectivity index is 2.10. The summed E-state index contributed by atoms with van der Waals surface area (Å²) in [5.74, 6) is -1.13. The largest absolute Gasteiger partial charge is 0.477 e. The van der Waals surface area contributed by atoms with E-state index in [-0.39, 0.29) is 11.6 Å². The van der Waals surface area contributed by atoms with Gasteiger partial charge in [-0.2, -0.15) is 5.10 Å². The fraction of sp³-hybridized carbons (Fsp3) is 0.0833. The number of fused-ring (bicyclic) bond motifs is 1. The Kier molecular flexibility index (Phi) is 2.16. The number of amides is 1. The van der Waals surface area contributed by atoms with Crippen molar-refractivity contribution in [3.05, 3.63) is 35.5 Å². The van der Waals surface area contributed by atoms with Crippen LogP contribution in [-0.2, 0) is 11.2 Å². The number of benzene rings is 1. The quantitative estimate of drug-likeness (QED) is 0.740. The highest BCUT2D eigenvalue weighted by atomic mass is 16.4. The van der Waals surface area contributed by atoms with Crippen LogP contribution in [0.25, 0.3) is 11.3 Å². The fourth-order valence-corrected chi connectivity index (χ4v) is 2.03. The zero-order valence-electron chi connectivity index (χ0n) is 9.23. The van der Waals surface area contributed by atoms with Gasteiger partial charge in [0.25, 0.3) is 0 Å². The first-order valence-corrected chi connectivity index (χ1v) is 5.36. The molecular formula is C12H9N3O3. The minimum Gasteiger partial charge on any atom is -0.477 e. The molecule has 1 aromatic heterocycles. The minimum absolute atomic E-state index is 0.0203. The van der Waals surface area contributed by atoms with E-state index in [0.29, 0.717) is 17.8 Å². The molecule has 3 N–H and O–H groups in total. The summed E-state index contributed by atoms with van der Waals surface area (Å²) in [6, 6.07) is 6.93. The Labute approximate surface area is 102 Å². The highest BCUT2D eigenvalue weighted by Gasteiger charge is 2.22. The number of aromatic nitrogens is 2. The van der Waals surface area contributed by atoms with E-state index in [9.17, 15) is 9.59 Å². The van der Waals surface area contributed by atoms with Crippen molar-refractivity contribution in [2.24, 2.45) is 0 Å². The fourth-order valence-electron chi connectivity index (χ4n) is 2.03. The first-order valence-electron chi connectivity index (χ1n) is 5.36. The SMILES string of the molecule is O=C1Cc2cccc(-c3cc(C(=O)O)[nH]n3)c2N1. The third-order valence-electron chi connectivity index (χ3n) is 2.85. The average Bonchev–Trinajstić information content (AvgIpc) is 2.92. The second-order valence-corrected chi connectivity index (χ2v) is 4.04. The van der Waals surface area contributed by atoms with Crippen LogP contribution in [0.4, 0.5) is 5.69 Å². The van der Waals surface area contributed by atoms with Crippen LogP contribution in [0.3, 0.4) is 0 Å². The maximum atomic E-state index is 11.4. The van der Waals surface area contributed by atoms with Crippen LogP contribution in [0.2, 0.25) is 0 Å². The molecule has 0 radical (unpaired) electrons. The summed E-state index contributed by atoms with van der Waals surface area (Å²) in [6.07, 6.45) is 0.347. The number of anilines is 1. The molecule has 2 heterocycles. The lowest BCUT2D eigenvalue weighted by molar-refractivity contribution is -0.115. The number of H-pyrrole nitrogens is 1. The molecule has 3 rings (SSSR count). The number of carboxylic acids is 1. The van der Waals surface area contributed by atoms with Crippen LogP contribution >= 0.6 is 0 Å². The Morgan fingerprint density at radius 2 is 2.22 bits per heavy atom. The third kappa shape index (κ3) is 1.55. The predicted octanol–water partition coefficient (Wildman–Crippen LogP) is 1.27. The number of nitrogens with one attached hydrogen (secondary N) is 2. The van der Waals surface area contributed by atoms with Crippen LogP contribution in [0.5, 0.6) is 0 Å². The summed E-state index contributed by atoms with van der Waals surface area (Å²) in [5.41, 5.74) is 2.86. The van der Waals surface area contributed by atoms with Crippen molar-refractivity contribution in [1.82, 2.24) is 10.2 Å². The van der Waals surface area contributed by atoms with Crippen molar-refractivity contribution in [3.8, 4) is 11.3 Å². The number of carbonyl (C=O) groups excluding carboxylic acids is 1. The number of nitrogens with zero attached hydrogens (tertiary/aromatic N) is 1. The van der Waals surface area contributed by atoms with Crippen LogP contribution < -0.4 is 5.32 Å². The molecule has 1 aliphatic rings. The summed E-state index contributed by atoms with van der Waals surface area (Å²) >= 11 is 0. The molecule has 0 fully saturated rings. The third-order valence-corrected chi connectivity index (χ3v) is 2.85. The van der Waals surface area contributed by atoms with Crippen molar-refractivity contribution in [1.29, 1.82) is 0 Å². The molecule has 6 heteroatoms. The monoisotopic (exact) mass is 243 g/mol. The number of hydrogen-bond donors (Lipinski definition) is 3. The molecule has 0 saturated heterocycles. The van der Waals surface area contributed by atoms with Gasteiger partial charge in [0.2, 0.25) is 5.91 Å². The average molecular weight is 243 g/mol. The lowest BCUT2D eigenvalue weighted by atomic mass is 10.0. The number of hydrogen-bond acceptors (Lipinski definition) is 3. The molecule has 1 aliphatic heterocycles. The number of carboxylic acid groups (broad SMARTS) is 1. The molecule has 90 valence electrons. The molecule has 18 heavy (non-hydrogen) atoms. The molecule has 1 aromatic carbocycles. The van der Waals surface area contributed by atoms with Gasteiger partial charge in [0.05, 0.1) is 17.8 Å². The first kappa shape index (κ1) is 10.5. The van der Waals surface area contributed by atoms with Crippen molar-refractivity contribution < 1.29 is 14.7 Å². The smallest absolute Gasteiger partial charge is 0.353 e. The van der Waals surface area contributed by atoms with E-state index in [4.69, 9.17) is 5.11 Å². The minimum atomic E-state index is -1.06. The first-order chi connectivity index (χ1) is 8.65. The molecule has 0 bridgehead atoms. The Bertz CT molecular complexity index is 660. The van der Waals surface area contributed by atoms with Gasteiger partial charge in [-0.3, -0.25) is 9.89 Å². The molecule has 0 aliphatic carbocycles. The molecule has 0 spiro atoms. The van der Waals surface area contributed by atoms with Gasteiger partial charge in [-0.05, 0) is 11.6 Å². The van der Waals surface area contributed by atoms with Gasteiger partial charge in [0, 0.05) is 5.56 Å². The lowest BCUT2D eigenvalue weighted by Crippen LogP contribution is -2.04. The normalized spacial score (nSPS) is 13.2. The highest BCUT2D eigenvalue weighted by molar-refractivity contribution is 6.03. The van der Waals surface area contributed by atoms with Crippen LogP contribution in [0.1, 0.15) is 16.1 Å². The van der Waals surface area contributed by atoms with Gasteiger partial charge in [0.1, 0.15) is 5.69 Å².